The number of nitrogens with one attached hydrogen (secondary N) is 2. The smallest absolute Gasteiger partial charge is 0.326 e. The summed E-state index contributed by atoms with van der Waals surface area (Å²) < 4.78 is 0. The predicted octanol–water partition coefficient (Wildman–Crippen LogP) is 2.02. The van der Waals surface area contributed by atoms with Crippen LogP contribution in [0.15, 0.2) is 18.6 Å². The summed E-state index contributed by atoms with van der Waals surface area (Å²) >= 11 is 0. The van der Waals surface area contributed by atoms with Crippen LogP contribution in [0.4, 0.5) is 0 Å². The van der Waals surface area contributed by atoms with Gasteiger partial charge in [-0.25, -0.2) is 9.78 Å². The molecule has 2 amide bonds. The predicted molar refractivity (Wildman–Crippen MR) is 101 cm³/mol. The number of nitrogens with zero attached hydrogens (tertiary/aromatic N) is 2. The lowest BCUT2D eigenvalue weighted by atomic mass is 9.88. The Hall–Kier alpha value is -2.51. The van der Waals surface area contributed by atoms with Gasteiger partial charge in [-0.2, -0.15) is 0 Å². The normalized spacial score (nSPS) is 14.7. The molecule has 0 bridgehead atoms. The molecule has 150 valence electrons. The molecule has 1 heterocycles. The summed E-state index contributed by atoms with van der Waals surface area (Å²) in [6.45, 7) is 9.75. The number of aliphatic carboxylic acids is 1. The van der Waals surface area contributed by atoms with Crippen LogP contribution in [0.1, 0.15) is 64.4 Å². The maximum atomic E-state index is 12.7. The monoisotopic (exact) mass is 378 g/mol. The van der Waals surface area contributed by atoms with Gasteiger partial charge in [0, 0.05) is 12.4 Å². The molecular formula is C19H30N4O4. The summed E-state index contributed by atoms with van der Waals surface area (Å²) in [4.78, 5) is 44.4. The van der Waals surface area contributed by atoms with Crippen LogP contribution in [0.3, 0.4) is 0 Å². The van der Waals surface area contributed by atoms with Gasteiger partial charge in [0.1, 0.15) is 17.8 Å². The van der Waals surface area contributed by atoms with Crippen LogP contribution in [-0.4, -0.2) is 44.9 Å². The molecule has 0 aliphatic carbocycles. The van der Waals surface area contributed by atoms with E-state index >= 15 is 0 Å². The number of amides is 2. The Balaban J connectivity index is 2.87. The number of carbonyl (C=O) groups excluding carboxylic acids is 2. The van der Waals surface area contributed by atoms with Crippen molar-refractivity contribution in [3.8, 4) is 0 Å². The molecule has 8 heteroatoms. The summed E-state index contributed by atoms with van der Waals surface area (Å²) in [7, 11) is 0. The molecule has 1 aromatic heterocycles. The topological polar surface area (TPSA) is 121 Å². The molecule has 8 nitrogen and oxygen atoms in total. The van der Waals surface area contributed by atoms with Gasteiger partial charge in [-0.3, -0.25) is 14.6 Å². The molecule has 0 saturated heterocycles. The molecule has 0 radical (unpaired) electrons. The number of hydrogen-bond acceptors (Lipinski definition) is 5. The molecule has 0 aliphatic heterocycles. The van der Waals surface area contributed by atoms with Crippen molar-refractivity contribution in [2.24, 2.45) is 11.3 Å². The van der Waals surface area contributed by atoms with Gasteiger partial charge < -0.3 is 15.7 Å². The first-order valence-corrected chi connectivity index (χ1v) is 9.15. The summed E-state index contributed by atoms with van der Waals surface area (Å²) in [5.41, 5.74) is 0.0514. The highest BCUT2D eigenvalue weighted by Gasteiger charge is 2.30. The van der Waals surface area contributed by atoms with E-state index in [4.69, 9.17) is 0 Å². The fourth-order valence-corrected chi connectivity index (χ4v) is 2.43. The van der Waals surface area contributed by atoms with E-state index < -0.39 is 29.9 Å². The van der Waals surface area contributed by atoms with Crippen molar-refractivity contribution in [1.82, 2.24) is 20.6 Å². The summed E-state index contributed by atoms with van der Waals surface area (Å²) in [5, 5.41) is 14.7. The second-order valence-electron chi connectivity index (χ2n) is 7.93. The molecular weight excluding hydrogens is 348 g/mol. The van der Waals surface area contributed by atoms with Gasteiger partial charge in [0.25, 0.3) is 5.91 Å². The van der Waals surface area contributed by atoms with Crippen LogP contribution in [0, 0.1) is 11.3 Å². The minimum atomic E-state index is -1.09. The zero-order valence-corrected chi connectivity index (χ0v) is 16.7. The first-order chi connectivity index (χ1) is 12.5. The molecule has 27 heavy (non-hydrogen) atoms. The zero-order valence-electron chi connectivity index (χ0n) is 16.7. The molecule has 0 aliphatic rings. The highest BCUT2D eigenvalue weighted by molar-refractivity contribution is 5.96. The first kappa shape index (κ1) is 22.5. The van der Waals surface area contributed by atoms with E-state index in [0.29, 0.717) is 19.3 Å². The van der Waals surface area contributed by atoms with Crippen LogP contribution in [0.2, 0.25) is 0 Å². The van der Waals surface area contributed by atoms with Crippen molar-refractivity contribution in [2.75, 3.05) is 0 Å². The second kappa shape index (κ2) is 9.99. The molecule has 1 aromatic rings. The Morgan fingerprint density at radius 2 is 1.85 bits per heavy atom. The number of carbonyl (C=O) groups is 3. The zero-order chi connectivity index (χ0) is 20.6. The molecule has 0 saturated carbocycles. The van der Waals surface area contributed by atoms with E-state index in [1.165, 1.54) is 18.6 Å². The van der Waals surface area contributed by atoms with Crippen molar-refractivity contribution in [2.45, 2.75) is 66.0 Å². The van der Waals surface area contributed by atoms with Gasteiger partial charge in [0.2, 0.25) is 5.91 Å². The summed E-state index contributed by atoms with van der Waals surface area (Å²) in [5.74, 6) is -2.30. The quantitative estimate of drug-likeness (QED) is 0.604. The first-order valence-electron chi connectivity index (χ1n) is 9.15. The lowest BCUT2D eigenvalue weighted by molar-refractivity contribution is -0.142. The molecule has 1 rings (SSSR count). The third kappa shape index (κ3) is 7.72. The van der Waals surface area contributed by atoms with Crippen molar-refractivity contribution >= 4 is 17.8 Å². The Bertz CT molecular complexity index is 643. The maximum absolute atomic E-state index is 12.7. The lowest BCUT2D eigenvalue weighted by Gasteiger charge is -2.26. The van der Waals surface area contributed by atoms with E-state index in [2.05, 4.69) is 20.6 Å². The van der Waals surface area contributed by atoms with Crippen LogP contribution in [-0.2, 0) is 9.59 Å². The van der Waals surface area contributed by atoms with Gasteiger partial charge in [-0.1, -0.05) is 41.0 Å². The van der Waals surface area contributed by atoms with E-state index in [-0.39, 0.29) is 17.0 Å². The molecule has 0 spiro atoms. The van der Waals surface area contributed by atoms with Crippen molar-refractivity contribution < 1.29 is 19.5 Å². The number of rotatable bonds is 9. The van der Waals surface area contributed by atoms with E-state index in [9.17, 15) is 19.5 Å². The van der Waals surface area contributed by atoms with Crippen molar-refractivity contribution in [3.63, 3.8) is 0 Å². The van der Waals surface area contributed by atoms with Gasteiger partial charge in [-0.05, 0) is 24.2 Å². The minimum absolute atomic E-state index is 0.0469. The second-order valence-corrected chi connectivity index (χ2v) is 7.93. The molecule has 0 unspecified atom stereocenters. The van der Waals surface area contributed by atoms with Gasteiger partial charge >= 0.3 is 5.97 Å². The molecule has 3 atom stereocenters. The number of hydrogen-bond donors (Lipinski definition) is 3. The Labute approximate surface area is 160 Å². The Morgan fingerprint density at radius 3 is 2.33 bits per heavy atom. The number of carboxylic acid groups (broad SMARTS) is 1. The SMILES string of the molecule is CC[C@H](C)[C@H](NC(=O)c1cnccn1)C(=O)N[C@@H](CCC(C)(C)C)C(=O)O. The van der Waals surface area contributed by atoms with Gasteiger partial charge in [0.15, 0.2) is 0 Å². The maximum Gasteiger partial charge on any atom is 0.326 e. The van der Waals surface area contributed by atoms with Crippen molar-refractivity contribution in [1.29, 1.82) is 0 Å². The van der Waals surface area contributed by atoms with E-state index in [1.54, 1.807) is 0 Å². The van der Waals surface area contributed by atoms with Crippen LogP contribution < -0.4 is 10.6 Å². The van der Waals surface area contributed by atoms with Crippen LogP contribution in [0.25, 0.3) is 0 Å². The summed E-state index contributed by atoms with van der Waals surface area (Å²) in [6.07, 6.45) is 5.74. The standard InChI is InChI=1S/C19H30N4O4/c1-6-12(2)15(23-16(24)14-11-20-9-10-21-14)17(25)22-13(18(26)27)7-8-19(3,4)5/h9-13,15H,6-8H2,1-5H3,(H,22,25)(H,23,24)(H,26,27)/t12-,13-,15-/m0/s1. The Morgan fingerprint density at radius 1 is 1.19 bits per heavy atom. The van der Waals surface area contributed by atoms with Crippen LogP contribution in [0.5, 0.6) is 0 Å². The van der Waals surface area contributed by atoms with Gasteiger partial charge in [-0.15, -0.1) is 0 Å². The third-order valence-electron chi connectivity index (χ3n) is 4.38. The fraction of sp³-hybridized carbons (Fsp3) is 0.632. The highest BCUT2D eigenvalue weighted by atomic mass is 16.4. The number of carboxylic acids is 1. The van der Waals surface area contributed by atoms with Gasteiger partial charge in [0.05, 0.1) is 6.20 Å². The molecule has 3 N–H and O–H groups in total. The van der Waals surface area contributed by atoms with Crippen molar-refractivity contribution in [3.05, 3.63) is 24.3 Å². The average Bonchev–Trinajstić information content (AvgIpc) is 2.61. The largest absolute Gasteiger partial charge is 0.480 e. The lowest BCUT2D eigenvalue weighted by Crippen LogP contribution is -2.54. The van der Waals surface area contributed by atoms with Crippen LogP contribution >= 0.6 is 0 Å². The number of aromatic nitrogens is 2. The summed E-state index contributed by atoms with van der Waals surface area (Å²) in [6, 6.07) is -1.86. The molecule has 0 fully saturated rings. The van der Waals surface area contributed by atoms with E-state index in [1.807, 2.05) is 34.6 Å². The highest BCUT2D eigenvalue weighted by Crippen LogP contribution is 2.22. The average molecular weight is 378 g/mol. The Kier molecular flexibility index (Phi) is 8.33. The fourth-order valence-electron chi connectivity index (χ4n) is 2.43. The van der Waals surface area contributed by atoms with E-state index in [0.717, 1.165) is 0 Å². The minimum Gasteiger partial charge on any atom is -0.480 e. The third-order valence-corrected chi connectivity index (χ3v) is 4.38. The molecule has 0 aromatic carbocycles.